The van der Waals surface area contributed by atoms with E-state index in [2.05, 4.69) is 38.1 Å². The van der Waals surface area contributed by atoms with Crippen LogP contribution in [-0.2, 0) is 0 Å². The number of thioether (sulfide) groups is 1. The van der Waals surface area contributed by atoms with Crippen molar-refractivity contribution in [2.24, 2.45) is 0 Å². The van der Waals surface area contributed by atoms with Gasteiger partial charge in [-0.2, -0.15) is 0 Å². The lowest BCUT2D eigenvalue weighted by Gasteiger charge is -2.05. The minimum atomic E-state index is 0.653. The van der Waals surface area contributed by atoms with Gasteiger partial charge in [-0.1, -0.05) is 26.0 Å². The molecule has 0 saturated heterocycles. The Morgan fingerprint density at radius 1 is 1.15 bits per heavy atom. The molecule has 0 aliphatic heterocycles. The van der Waals surface area contributed by atoms with Gasteiger partial charge < -0.3 is 0 Å². The summed E-state index contributed by atoms with van der Waals surface area (Å²) in [6.45, 7) is 4.48. The molecule has 0 heterocycles. The number of hydrogen-bond acceptors (Lipinski definition) is 1. The Kier molecular flexibility index (Phi) is 2.63. The van der Waals surface area contributed by atoms with Crippen LogP contribution in [0.5, 0.6) is 0 Å². The third-order valence-corrected chi connectivity index (χ3v) is 3.72. The minimum absolute atomic E-state index is 0.653. The van der Waals surface area contributed by atoms with Crippen LogP contribution in [0.15, 0.2) is 29.2 Å². The first-order chi connectivity index (χ1) is 6.25. The van der Waals surface area contributed by atoms with Gasteiger partial charge in [0.05, 0.1) is 0 Å². The number of hydrogen-bond donors (Lipinski definition) is 0. The molecule has 0 N–H and O–H groups in total. The summed E-state index contributed by atoms with van der Waals surface area (Å²) in [4.78, 5) is 1.44. The van der Waals surface area contributed by atoms with Gasteiger partial charge in [-0.3, -0.25) is 0 Å². The van der Waals surface area contributed by atoms with Crippen LogP contribution >= 0.6 is 11.8 Å². The zero-order valence-electron chi connectivity index (χ0n) is 8.29. The highest BCUT2D eigenvalue weighted by atomic mass is 32.2. The van der Waals surface area contributed by atoms with Gasteiger partial charge in [0.2, 0.25) is 0 Å². The van der Waals surface area contributed by atoms with Gasteiger partial charge in [-0.15, -0.1) is 11.8 Å². The second kappa shape index (κ2) is 3.75. The van der Waals surface area contributed by atoms with Crippen LogP contribution in [0.4, 0.5) is 0 Å². The van der Waals surface area contributed by atoms with E-state index in [1.54, 1.807) is 0 Å². The maximum absolute atomic E-state index is 2.26. The summed E-state index contributed by atoms with van der Waals surface area (Å²) >= 11 is 2.03. The maximum atomic E-state index is 2.26. The van der Waals surface area contributed by atoms with E-state index in [1.807, 2.05) is 11.8 Å². The lowest BCUT2D eigenvalue weighted by atomic mass is 10.0. The molecule has 1 aliphatic carbocycles. The fraction of sp³-hybridized carbons (Fsp3) is 0.500. The quantitative estimate of drug-likeness (QED) is 0.696. The second-order valence-electron chi connectivity index (χ2n) is 4.04. The van der Waals surface area contributed by atoms with Crippen molar-refractivity contribution in [1.29, 1.82) is 0 Å². The summed E-state index contributed by atoms with van der Waals surface area (Å²) in [6, 6.07) is 9.04. The largest absolute Gasteiger partial charge is 0.123 e. The molecule has 1 saturated carbocycles. The first-order valence-electron chi connectivity index (χ1n) is 5.02. The predicted molar refractivity (Wildman–Crippen MR) is 59.4 cm³/mol. The van der Waals surface area contributed by atoms with Gasteiger partial charge in [0.25, 0.3) is 0 Å². The van der Waals surface area contributed by atoms with Gasteiger partial charge in [0.1, 0.15) is 0 Å². The molecule has 1 aliphatic rings. The third-order valence-electron chi connectivity index (χ3n) is 2.37. The zero-order valence-corrected chi connectivity index (χ0v) is 9.10. The molecule has 0 unspecified atom stereocenters. The average molecular weight is 192 g/mol. The fourth-order valence-corrected chi connectivity index (χ4v) is 2.36. The summed E-state index contributed by atoms with van der Waals surface area (Å²) in [5.41, 5.74) is 1.44. The van der Waals surface area contributed by atoms with Crippen LogP contribution < -0.4 is 0 Å². The first-order valence-corrected chi connectivity index (χ1v) is 5.90. The number of rotatable bonds is 3. The third kappa shape index (κ3) is 2.50. The first kappa shape index (κ1) is 9.14. The van der Waals surface area contributed by atoms with Crippen LogP contribution in [0.1, 0.15) is 38.2 Å². The maximum Gasteiger partial charge on any atom is 0.00952 e. The molecule has 0 aromatic heterocycles. The van der Waals surface area contributed by atoms with E-state index in [4.69, 9.17) is 0 Å². The molecule has 1 heteroatoms. The van der Waals surface area contributed by atoms with Crippen molar-refractivity contribution in [1.82, 2.24) is 0 Å². The summed E-state index contributed by atoms with van der Waals surface area (Å²) in [6.07, 6.45) is 2.83. The van der Waals surface area contributed by atoms with Crippen LogP contribution in [0.25, 0.3) is 0 Å². The van der Waals surface area contributed by atoms with Crippen LogP contribution in [-0.4, -0.2) is 5.25 Å². The highest BCUT2D eigenvalue weighted by Crippen LogP contribution is 2.39. The topological polar surface area (TPSA) is 0 Å². The second-order valence-corrected chi connectivity index (χ2v) is 5.41. The van der Waals surface area contributed by atoms with Crippen molar-refractivity contribution in [2.75, 3.05) is 0 Å². The van der Waals surface area contributed by atoms with Crippen LogP contribution in [0.3, 0.4) is 0 Å². The smallest absolute Gasteiger partial charge is 0.00952 e. The van der Waals surface area contributed by atoms with E-state index >= 15 is 0 Å². The van der Waals surface area contributed by atoms with Gasteiger partial charge >= 0.3 is 0 Å². The molecule has 1 aromatic carbocycles. The van der Waals surface area contributed by atoms with Crippen LogP contribution in [0.2, 0.25) is 0 Å². The highest BCUT2D eigenvalue weighted by molar-refractivity contribution is 8.00. The minimum Gasteiger partial charge on any atom is -0.123 e. The summed E-state index contributed by atoms with van der Waals surface area (Å²) < 4.78 is 0. The highest BCUT2D eigenvalue weighted by Gasteiger charge is 2.22. The van der Waals surface area contributed by atoms with Crippen molar-refractivity contribution in [3.8, 4) is 0 Å². The molecular weight excluding hydrogens is 176 g/mol. The predicted octanol–water partition coefficient (Wildman–Crippen LogP) is 4.06. The average Bonchev–Trinajstić information content (AvgIpc) is 2.89. The standard InChI is InChI=1S/C12H16S/c1-9(2)10-3-5-11(6-4-10)13-12-7-8-12/h3-6,9,12H,7-8H2,1-2H3. The van der Waals surface area contributed by atoms with Gasteiger partial charge in [0.15, 0.2) is 0 Å². The molecule has 70 valence electrons. The summed E-state index contributed by atoms with van der Waals surface area (Å²) in [5, 5.41) is 0.921. The molecule has 0 bridgehead atoms. The zero-order chi connectivity index (χ0) is 9.26. The molecule has 0 radical (unpaired) electrons. The number of benzene rings is 1. The Balaban J connectivity index is 2.04. The molecule has 2 rings (SSSR count). The molecule has 0 spiro atoms. The molecular formula is C12H16S. The van der Waals surface area contributed by atoms with E-state index < -0.39 is 0 Å². The Morgan fingerprint density at radius 3 is 2.23 bits per heavy atom. The van der Waals surface area contributed by atoms with Crippen molar-refractivity contribution in [3.63, 3.8) is 0 Å². The van der Waals surface area contributed by atoms with Crippen molar-refractivity contribution < 1.29 is 0 Å². The van der Waals surface area contributed by atoms with E-state index in [0.717, 1.165) is 5.25 Å². The molecule has 1 fully saturated rings. The summed E-state index contributed by atoms with van der Waals surface area (Å²) in [5.74, 6) is 0.653. The molecule has 13 heavy (non-hydrogen) atoms. The molecule has 0 nitrogen and oxygen atoms in total. The lowest BCUT2D eigenvalue weighted by molar-refractivity contribution is 0.865. The molecule has 0 amide bonds. The van der Waals surface area contributed by atoms with E-state index in [-0.39, 0.29) is 0 Å². The van der Waals surface area contributed by atoms with E-state index in [9.17, 15) is 0 Å². The van der Waals surface area contributed by atoms with Crippen molar-refractivity contribution >= 4 is 11.8 Å². The Bertz CT molecular complexity index is 270. The van der Waals surface area contributed by atoms with Crippen LogP contribution in [0, 0.1) is 0 Å². The molecule has 1 aromatic rings. The van der Waals surface area contributed by atoms with E-state index in [0.29, 0.717) is 5.92 Å². The summed E-state index contributed by atoms with van der Waals surface area (Å²) in [7, 11) is 0. The Hall–Kier alpha value is -0.430. The van der Waals surface area contributed by atoms with E-state index in [1.165, 1.54) is 23.3 Å². The normalized spacial score (nSPS) is 16.5. The fourth-order valence-electron chi connectivity index (χ4n) is 1.31. The van der Waals surface area contributed by atoms with Gasteiger partial charge in [-0.25, -0.2) is 0 Å². The van der Waals surface area contributed by atoms with Crippen molar-refractivity contribution in [2.45, 2.75) is 42.8 Å². The monoisotopic (exact) mass is 192 g/mol. The lowest BCUT2D eigenvalue weighted by Crippen LogP contribution is -1.86. The van der Waals surface area contributed by atoms with Gasteiger partial charge in [-0.05, 0) is 36.5 Å². The van der Waals surface area contributed by atoms with Crippen molar-refractivity contribution in [3.05, 3.63) is 29.8 Å². The SMILES string of the molecule is CC(C)c1ccc(SC2CC2)cc1. The Morgan fingerprint density at radius 2 is 1.77 bits per heavy atom. The van der Waals surface area contributed by atoms with Gasteiger partial charge in [0, 0.05) is 10.1 Å². The Labute approximate surface area is 84.7 Å². The molecule has 0 atom stereocenters.